The number of rotatable bonds is 4. The van der Waals surface area contributed by atoms with Gasteiger partial charge in [-0.3, -0.25) is 9.36 Å². The van der Waals surface area contributed by atoms with Crippen LogP contribution in [0.5, 0.6) is 0 Å². The average molecular weight is 374 g/mol. The second-order valence-corrected chi connectivity index (χ2v) is 5.29. The fourth-order valence-corrected chi connectivity index (χ4v) is 2.72. The molecule has 4 nitrogen and oxygen atoms in total. The molecule has 3 aromatic rings. The smallest absolute Gasteiger partial charge is 0.266 e. The molecule has 0 saturated carbocycles. The monoisotopic (exact) mass is 373 g/mol. The van der Waals surface area contributed by atoms with E-state index < -0.39 is 0 Å². The van der Waals surface area contributed by atoms with Crippen LogP contribution in [0.3, 0.4) is 0 Å². The molecular weight excluding hydrogens is 346 g/mol. The summed E-state index contributed by atoms with van der Waals surface area (Å²) in [4.78, 5) is 17.3. The molecule has 0 bridgehead atoms. The number of alkyl halides is 1. The molecule has 2 aromatic carbocycles. The number of nitrogens with one attached hydrogen (secondary N) is 1. The Morgan fingerprint density at radius 2 is 1.73 bits per heavy atom. The summed E-state index contributed by atoms with van der Waals surface area (Å²) in [6.45, 7) is 8.74. The molecular formula is C21H28ClN3O. The lowest BCUT2D eigenvalue weighted by atomic mass is 10.2. The molecule has 26 heavy (non-hydrogen) atoms. The number of hydrogen-bond donors (Lipinski definition) is 1. The Morgan fingerprint density at radius 1 is 1.04 bits per heavy atom. The largest absolute Gasteiger partial charge is 0.316 e. The zero-order valence-corrected chi connectivity index (χ0v) is 17.0. The SMILES string of the molecule is CC.CC.CNCc1cccc(-n2c(CCl)nc3ccccc3c2=O)c1. The molecule has 5 heteroatoms. The molecule has 140 valence electrons. The molecule has 0 spiro atoms. The first-order valence-electron chi connectivity index (χ1n) is 9.05. The van der Waals surface area contributed by atoms with E-state index in [0.29, 0.717) is 16.7 Å². The van der Waals surface area contributed by atoms with E-state index in [1.807, 2.05) is 77.2 Å². The highest BCUT2D eigenvalue weighted by Gasteiger charge is 2.12. The van der Waals surface area contributed by atoms with Crippen molar-refractivity contribution in [1.82, 2.24) is 14.9 Å². The number of hydrogen-bond acceptors (Lipinski definition) is 3. The lowest BCUT2D eigenvalue weighted by molar-refractivity contribution is 0.812. The van der Waals surface area contributed by atoms with Crippen molar-refractivity contribution in [3.05, 3.63) is 70.3 Å². The van der Waals surface area contributed by atoms with Gasteiger partial charge >= 0.3 is 0 Å². The maximum Gasteiger partial charge on any atom is 0.266 e. The van der Waals surface area contributed by atoms with Crippen LogP contribution in [0.1, 0.15) is 39.1 Å². The highest BCUT2D eigenvalue weighted by molar-refractivity contribution is 6.16. The molecule has 0 saturated heterocycles. The summed E-state index contributed by atoms with van der Waals surface area (Å²) in [7, 11) is 1.89. The summed E-state index contributed by atoms with van der Waals surface area (Å²) < 4.78 is 1.59. The Hall–Kier alpha value is -2.17. The molecule has 0 atom stereocenters. The van der Waals surface area contributed by atoms with Gasteiger partial charge in [0.15, 0.2) is 0 Å². The van der Waals surface area contributed by atoms with E-state index in [-0.39, 0.29) is 11.4 Å². The van der Waals surface area contributed by atoms with Crippen molar-refractivity contribution in [3.63, 3.8) is 0 Å². The third-order valence-corrected chi connectivity index (χ3v) is 3.75. The van der Waals surface area contributed by atoms with Crippen LogP contribution >= 0.6 is 11.6 Å². The van der Waals surface area contributed by atoms with E-state index in [1.165, 1.54) is 0 Å². The van der Waals surface area contributed by atoms with Crippen LogP contribution in [0.4, 0.5) is 0 Å². The number of fused-ring (bicyclic) bond motifs is 1. The quantitative estimate of drug-likeness (QED) is 0.662. The van der Waals surface area contributed by atoms with E-state index in [2.05, 4.69) is 10.3 Å². The Bertz CT molecular complexity index is 875. The lowest BCUT2D eigenvalue weighted by Crippen LogP contribution is -2.23. The summed E-state index contributed by atoms with van der Waals surface area (Å²) in [5.74, 6) is 0.725. The van der Waals surface area contributed by atoms with Gasteiger partial charge in [0.2, 0.25) is 0 Å². The van der Waals surface area contributed by atoms with Gasteiger partial charge in [-0.15, -0.1) is 11.6 Å². The fourth-order valence-electron chi connectivity index (χ4n) is 2.54. The average Bonchev–Trinajstić information content (AvgIpc) is 2.71. The van der Waals surface area contributed by atoms with Crippen molar-refractivity contribution in [2.45, 2.75) is 40.1 Å². The molecule has 0 amide bonds. The van der Waals surface area contributed by atoms with Crippen molar-refractivity contribution in [1.29, 1.82) is 0 Å². The fraction of sp³-hybridized carbons (Fsp3) is 0.333. The van der Waals surface area contributed by atoms with Gasteiger partial charge in [-0.2, -0.15) is 0 Å². The third-order valence-electron chi connectivity index (χ3n) is 3.51. The van der Waals surface area contributed by atoms with Crippen molar-refractivity contribution >= 4 is 22.5 Å². The van der Waals surface area contributed by atoms with Gasteiger partial charge < -0.3 is 5.32 Å². The van der Waals surface area contributed by atoms with Crippen LogP contribution in [0.2, 0.25) is 0 Å². The molecule has 1 N–H and O–H groups in total. The predicted octanol–water partition coefficient (Wildman–Crippen LogP) is 4.90. The molecule has 0 unspecified atom stereocenters. The van der Waals surface area contributed by atoms with E-state index >= 15 is 0 Å². The van der Waals surface area contributed by atoms with Crippen molar-refractivity contribution in [2.75, 3.05) is 7.05 Å². The summed E-state index contributed by atoms with van der Waals surface area (Å²) in [6.07, 6.45) is 0. The first-order valence-corrected chi connectivity index (χ1v) is 9.58. The van der Waals surface area contributed by atoms with E-state index in [1.54, 1.807) is 10.6 Å². The van der Waals surface area contributed by atoms with Gasteiger partial charge in [-0.1, -0.05) is 52.0 Å². The Labute approximate surface area is 160 Å². The standard InChI is InChI=1S/C17H16ClN3O.2C2H6/c1-19-11-12-5-4-6-13(9-12)21-16(10-18)20-15-8-3-2-7-14(15)17(21)22;2*1-2/h2-9,19H,10-11H2,1H3;2*1-2H3. The number of benzene rings is 2. The molecule has 0 aliphatic heterocycles. The van der Waals surface area contributed by atoms with Crippen LogP contribution in [0, 0.1) is 0 Å². The van der Waals surface area contributed by atoms with E-state index in [9.17, 15) is 4.79 Å². The third kappa shape index (κ3) is 4.93. The highest BCUT2D eigenvalue weighted by Crippen LogP contribution is 2.15. The first kappa shape index (κ1) is 21.9. The van der Waals surface area contributed by atoms with Crippen molar-refractivity contribution < 1.29 is 0 Å². The maximum atomic E-state index is 12.8. The topological polar surface area (TPSA) is 46.9 Å². The Morgan fingerprint density at radius 3 is 2.38 bits per heavy atom. The van der Waals surface area contributed by atoms with Crippen LogP contribution in [0.15, 0.2) is 53.3 Å². The lowest BCUT2D eigenvalue weighted by Gasteiger charge is -2.13. The minimum atomic E-state index is -0.0946. The molecule has 0 aliphatic rings. The second kappa shape index (κ2) is 11.4. The minimum absolute atomic E-state index is 0.0946. The van der Waals surface area contributed by atoms with Crippen molar-refractivity contribution in [2.24, 2.45) is 0 Å². The molecule has 3 rings (SSSR count). The Kier molecular flexibility index (Phi) is 9.63. The summed E-state index contributed by atoms with van der Waals surface area (Å²) in [5, 5.41) is 3.70. The van der Waals surface area contributed by atoms with Gasteiger partial charge in [-0.25, -0.2) is 4.98 Å². The normalized spacial score (nSPS) is 9.77. The maximum absolute atomic E-state index is 12.8. The van der Waals surface area contributed by atoms with Gasteiger partial charge in [-0.05, 0) is 36.9 Å². The zero-order valence-electron chi connectivity index (χ0n) is 16.2. The number of aromatic nitrogens is 2. The van der Waals surface area contributed by atoms with E-state index in [4.69, 9.17) is 11.6 Å². The zero-order chi connectivity index (χ0) is 19.5. The van der Waals surface area contributed by atoms with Crippen molar-refractivity contribution in [3.8, 4) is 5.69 Å². The van der Waals surface area contributed by atoms with Gasteiger partial charge in [0.05, 0.1) is 22.5 Å². The molecule has 1 heterocycles. The van der Waals surface area contributed by atoms with E-state index in [0.717, 1.165) is 17.8 Å². The van der Waals surface area contributed by atoms with Gasteiger partial charge in [0.1, 0.15) is 5.82 Å². The van der Waals surface area contributed by atoms with Gasteiger partial charge in [0.25, 0.3) is 5.56 Å². The van der Waals surface area contributed by atoms with Crippen LogP contribution in [0.25, 0.3) is 16.6 Å². The minimum Gasteiger partial charge on any atom is -0.316 e. The molecule has 0 aliphatic carbocycles. The van der Waals surface area contributed by atoms with Crippen LogP contribution < -0.4 is 10.9 Å². The number of para-hydroxylation sites is 1. The highest BCUT2D eigenvalue weighted by atomic mass is 35.5. The molecule has 0 radical (unpaired) electrons. The summed E-state index contributed by atoms with van der Waals surface area (Å²) in [6, 6.07) is 15.1. The van der Waals surface area contributed by atoms with Gasteiger partial charge in [0, 0.05) is 6.54 Å². The van der Waals surface area contributed by atoms with Crippen LogP contribution in [-0.2, 0) is 12.4 Å². The van der Waals surface area contributed by atoms with Crippen LogP contribution in [-0.4, -0.2) is 16.6 Å². The number of halogens is 1. The Balaban J connectivity index is 0.000000791. The first-order chi connectivity index (χ1) is 12.7. The summed E-state index contributed by atoms with van der Waals surface area (Å²) in [5.41, 5.74) is 2.46. The summed E-state index contributed by atoms with van der Waals surface area (Å²) >= 11 is 6.02. The predicted molar refractivity (Wildman–Crippen MR) is 112 cm³/mol. The number of nitrogens with zero attached hydrogens (tertiary/aromatic N) is 2. The second-order valence-electron chi connectivity index (χ2n) is 5.02. The molecule has 0 fully saturated rings. The molecule has 1 aromatic heterocycles.